The highest BCUT2D eigenvalue weighted by atomic mass is 32.2. The van der Waals surface area contributed by atoms with Crippen molar-refractivity contribution in [3.8, 4) is 0 Å². The first-order valence-electron chi connectivity index (χ1n) is 7.33. The van der Waals surface area contributed by atoms with Crippen molar-refractivity contribution in [2.75, 3.05) is 38.1 Å². The van der Waals surface area contributed by atoms with Gasteiger partial charge in [-0.25, -0.2) is 4.31 Å². The molecule has 1 fully saturated rings. The molecular formula is C14H17F6N3S2. The van der Waals surface area contributed by atoms with Crippen molar-refractivity contribution in [3.05, 3.63) is 30.3 Å². The summed E-state index contributed by atoms with van der Waals surface area (Å²) in [6, 6.07) is 9.18. The highest BCUT2D eigenvalue weighted by molar-refractivity contribution is 7.99. The maximum Gasteiger partial charge on any atom is 0.393 e. The molecule has 1 N–H and O–H groups in total. The summed E-state index contributed by atoms with van der Waals surface area (Å²) in [7, 11) is 0.961. The minimum atomic E-state index is -5.51. The molecule has 2 rings (SSSR count). The van der Waals surface area contributed by atoms with Gasteiger partial charge in [0, 0.05) is 55.8 Å². The molecule has 0 radical (unpaired) electrons. The van der Waals surface area contributed by atoms with E-state index < -0.39 is 40.3 Å². The van der Waals surface area contributed by atoms with Crippen molar-refractivity contribution in [2.24, 2.45) is 0 Å². The van der Waals surface area contributed by atoms with Gasteiger partial charge in [0.1, 0.15) is 0 Å². The average molecular weight is 405 g/mol. The van der Waals surface area contributed by atoms with Gasteiger partial charge in [-0.3, -0.25) is 4.72 Å². The lowest BCUT2D eigenvalue weighted by Crippen LogP contribution is -2.54. The molecule has 0 bridgehead atoms. The Morgan fingerprint density at radius 1 is 0.880 bits per heavy atom. The van der Waals surface area contributed by atoms with Gasteiger partial charge in [-0.05, 0) is 19.2 Å². The molecule has 11 heteroatoms. The Kier molecular flexibility index (Phi) is 6.45. The summed E-state index contributed by atoms with van der Waals surface area (Å²) in [6.45, 7) is 0.770. The lowest BCUT2D eigenvalue weighted by Gasteiger charge is -2.38. The van der Waals surface area contributed by atoms with Crippen LogP contribution in [0.2, 0.25) is 0 Å². The number of rotatable bonds is 7. The Labute approximate surface area is 150 Å². The fraction of sp³-hybridized carbons (Fsp3) is 0.571. The molecule has 0 saturated carbocycles. The van der Waals surface area contributed by atoms with E-state index in [4.69, 9.17) is 0 Å². The van der Waals surface area contributed by atoms with E-state index in [1.165, 1.54) is 0 Å². The number of piperazine rings is 1. The maximum absolute atomic E-state index is 13.9. The van der Waals surface area contributed by atoms with Crippen LogP contribution >= 0.6 is 23.9 Å². The van der Waals surface area contributed by atoms with Crippen LogP contribution in [-0.4, -0.2) is 54.0 Å². The van der Waals surface area contributed by atoms with Gasteiger partial charge < -0.3 is 4.90 Å². The summed E-state index contributed by atoms with van der Waals surface area (Å²) in [4.78, 5) is 1.92. The number of para-hydroxylation sites is 1. The molecule has 0 atom stereocenters. The van der Waals surface area contributed by atoms with Crippen LogP contribution < -0.4 is 9.62 Å². The Hall–Kier alpha value is -0.780. The van der Waals surface area contributed by atoms with Crippen molar-refractivity contribution in [2.45, 2.75) is 16.4 Å². The van der Waals surface area contributed by atoms with E-state index in [0.717, 1.165) is 17.0 Å². The number of anilines is 1. The van der Waals surface area contributed by atoms with E-state index in [9.17, 15) is 26.3 Å². The van der Waals surface area contributed by atoms with Crippen LogP contribution in [-0.2, 0) is 0 Å². The minimum Gasteiger partial charge on any atom is -0.369 e. The molecule has 0 aliphatic carbocycles. The number of alkyl halides is 6. The SMILES string of the molecule is CNSC(F)(F)C(F)(F)C(F)(F)SN1CCN(c2ccccc2)CC1. The number of hydrogen-bond acceptors (Lipinski definition) is 5. The average Bonchev–Trinajstić information content (AvgIpc) is 2.55. The predicted octanol–water partition coefficient (Wildman–Crippen LogP) is 4.15. The Bertz CT molecular complexity index is 553. The van der Waals surface area contributed by atoms with E-state index in [1.807, 2.05) is 35.2 Å². The molecule has 1 aromatic carbocycles. The van der Waals surface area contributed by atoms with Gasteiger partial charge in [-0.15, -0.1) is 0 Å². The van der Waals surface area contributed by atoms with Crippen LogP contribution in [0.1, 0.15) is 0 Å². The van der Waals surface area contributed by atoms with Gasteiger partial charge in [0.05, 0.1) is 0 Å². The summed E-state index contributed by atoms with van der Waals surface area (Å²) in [5, 5.41) is -9.88. The molecule has 1 saturated heterocycles. The third-order valence-electron chi connectivity index (χ3n) is 3.57. The number of benzene rings is 1. The summed E-state index contributed by atoms with van der Waals surface area (Å²) in [5.41, 5.74) is 0.890. The normalized spacial score (nSPS) is 17.8. The topological polar surface area (TPSA) is 18.5 Å². The summed E-state index contributed by atoms with van der Waals surface area (Å²) in [6.07, 6.45) is 0. The largest absolute Gasteiger partial charge is 0.393 e. The predicted molar refractivity (Wildman–Crippen MR) is 89.3 cm³/mol. The molecule has 1 aliphatic rings. The molecule has 1 aromatic rings. The number of nitrogens with one attached hydrogen (secondary N) is 1. The Balaban J connectivity index is 1.98. The summed E-state index contributed by atoms with van der Waals surface area (Å²) < 4.78 is 84.5. The quantitative estimate of drug-likeness (QED) is 0.541. The van der Waals surface area contributed by atoms with Gasteiger partial charge in [0.15, 0.2) is 0 Å². The molecule has 0 unspecified atom stereocenters. The zero-order chi connectivity index (χ0) is 18.7. The fourth-order valence-corrected chi connectivity index (χ4v) is 3.75. The summed E-state index contributed by atoms with van der Waals surface area (Å²) in [5.74, 6) is -5.51. The lowest BCUT2D eigenvalue weighted by atomic mass is 10.2. The fourth-order valence-electron chi connectivity index (χ4n) is 2.26. The molecule has 1 aliphatic heterocycles. The van der Waals surface area contributed by atoms with Crippen molar-refractivity contribution in [1.29, 1.82) is 0 Å². The van der Waals surface area contributed by atoms with Crippen LogP contribution in [0.5, 0.6) is 0 Å². The van der Waals surface area contributed by atoms with Gasteiger partial charge in [0.2, 0.25) is 0 Å². The van der Waals surface area contributed by atoms with Gasteiger partial charge in [-0.1, -0.05) is 18.2 Å². The van der Waals surface area contributed by atoms with Crippen molar-refractivity contribution >= 4 is 29.6 Å². The van der Waals surface area contributed by atoms with Crippen LogP contribution in [0, 0.1) is 0 Å². The van der Waals surface area contributed by atoms with Gasteiger partial charge >= 0.3 is 16.4 Å². The molecule has 0 aromatic heterocycles. The zero-order valence-electron chi connectivity index (χ0n) is 13.2. The van der Waals surface area contributed by atoms with E-state index in [0.29, 0.717) is 13.1 Å². The second kappa shape index (κ2) is 7.85. The van der Waals surface area contributed by atoms with Crippen molar-refractivity contribution < 1.29 is 26.3 Å². The van der Waals surface area contributed by atoms with Crippen LogP contribution in [0.15, 0.2) is 30.3 Å². The molecule has 25 heavy (non-hydrogen) atoms. The van der Waals surface area contributed by atoms with Crippen LogP contribution in [0.3, 0.4) is 0 Å². The van der Waals surface area contributed by atoms with Crippen LogP contribution in [0.4, 0.5) is 32.0 Å². The third kappa shape index (κ3) is 4.50. The molecule has 3 nitrogen and oxygen atoms in total. The Morgan fingerprint density at radius 2 is 1.44 bits per heavy atom. The first-order valence-corrected chi connectivity index (χ1v) is 8.92. The van der Waals surface area contributed by atoms with E-state index in [1.54, 1.807) is 4.72 Å². The first kappa shape index (κ1) is 20.5. The van der Waals surface area contributed by atoms with E-state index in [-0.39, 0.29) is 13.1 Å². The highest BCUT2D eigenvalue weighted by Gasteiger charge is 2.73. The molecule has 1 heterocycles. The second-order valence-electron chi connectivity index (χ2n) is 5.26. The molecule has 0 amide bonds. The maximum atomic E-state index is 13.9. The molecule has 142 valence electrons. The highest BCUT2D eigenvalue weighted by Crippen LogP contribution is 2.55. The van der Waals surface area contributed by atoms with E-state index in [2.05, 4.69) is 0 Å². The zero-order valence-corrected chi connectivity index (χ0v) is 14.8. The number of hydrogen-bond donors (Lipinski definition) is 1. The summed E-state index contributed by atoms with van der Waals surface area (Å²) >= 11 is -1.24. The standard InChI is InChI=1S/C14H17F6N3S2/c1-21-24-13(17,18)12(15,16)14(19,20)25-23-9-7-22(8-10-23)11-5-3-2-4-6-11/h2-6,21H,7-10H2,1H3. The van der Waals surface area contributed by atoms with Crippen molar-refractivity contribution in [1.82, 2.24) is 9.03 Å². The smallest absolute Gasteiger partial charge is 0.369 e. The van der Waals surface area contributed by atoms with E-state index >= 15 is 0 Å². The minimum absolute atomic E-state index is 0.0516. The Morgan fingerprint density at radius 3 is 1.96 bits per heavy atom. The number of nitrogens with zero attached hydrogens (tertiary/aromatic N) is 2. The van der Waals surface area contributed by atoms with Crippen molar-refractivity contribution in [3.63, 3.8) is 0 Å². The molecular weight excluding hydrogens is 388 g/mol. The first-order chi connectivity index (χ1) is 11.6. The third-order valence-corrected chi connectivity index (χ3v) is 5.39. The van der Waals surface area contributed by atoms with Gasteiger partial charge in [0.25, 0.3) is 0 Å². The number of halogens is 6. The monoisotopic (exact) mass is 405 g/mol. The second-order valence-corrected chi connectivity index (χ2v) is 7.59. The molecule has 0 spiro atoms. The lowest BCUT2D eigenvalue weighted by molar-refractivity contribution is -0.238. The van der Waals surface area contributed by atoms with Gasteiger partial charge in [-0.2, -0.15) is 26.3 Å². The van der Waals surface area contributed by atoms with Crippen LogP contribution in [0.25, 0.3) is 0 Å².